The molecule has 0 aromatic heterocycles. The number of ether oxygens (including phenoxy) is 2. The van der Waals surface area contributed by atoms with Gasteiger partial charge in [-0.2, -0.15) is 0 Å². The molecule has 0 spiro atoms. The van der Waals surface area contributed by atoms with Crippen molar-refractivity contribution in [2.45, 2.75) is 50.2 Å². The molecule has 212 valence electrons. The lowest BCUT2D eigenvalue weighted by atomic mass is 9.82. The number of fused-ring (bicyclic) bond motifs is 2. The lowest BCUT2D eigenvalue weighted by Gasteiger charge is -2.29. The molecule has 9 heteroatoms. The predicted octanol–water partition coefficient (Wildman–Crippen LogP) is 5.60. The van der Waals surface area contributed by atoms with Gasteiger partial charge >= 0.3 is 0 Å². The topological polar surface area (TPSA) is 93.8 Å². The van der Waals surface area contributed by atoms with Crippen LogP contribution in [0.2, 0.25) is 5.02 Å². The second-order valence-electron chi connectivity index (χ2n) is 10.3. The Morgan fingerprint density at radius 1 is 1.20 bits per heavy atom. The van der Waals surface area contributed by atoms with Crippen molar-refractivity contribution in [3.05, 3.63) is 86.9 Å². The van der Waals surface area contributed by atoms with E-state index in [1.807, 2.05) is 30.3 Å². The molecule has 1 heterocycles. The summed E-state index contributed by atoms with van der Waals surface area (Å²) in [6, 6.07) is 12.5. The fourth-order valence-electron chi connectivity index (χ4n) is 6.05. The Kier molecular flexibility index (Phi) is 8.42. The molecule has 5 rings (SSSR count). The van der Waals surface area contributed by atoms with Crippen LogP contribution in [0.25, 0.3) is 11.1 Å². The number of hydrogen-bond acceptors (Lipinski definition) is 5. The van der Waals surface area contributed by atoms with Crippen molar-refractivity contribution >= 4 is 17.5 Å². The number of rotatable bonds is 10. The highest BCUT2D eigenvalue weighted by Crippen LogP contribution is 2.52. The fourth-order valence-corrected chi connectivity index (χ4v) is 6.31. The monoisotopic (exact) mass is 570 g/mol. The van der Waals surface area contributed by atoms with Gasteiger partial charge in [0.1, 0.15) is 23.0 Å². The first kappa shape index (κ1) is 28.5. The molecule has 2 atom stereocenters. The third kappa shape index (κ3) is 4.98. The second-order valence-corrected chi connectivity index (χ2v) is 10.7. The van der Waals surface area contributed by atoms with Crippen molar-refractivity contribution in [2.24, 2.45) is 5.73 Å². The summed E-state index contributed by atoms with van der Waals surface area (Å²) in [4.78, 5) is 13.2. The zero-order valence-corrected chi connectivity index (χ0v) is 23.1. The highest BCUT2D eigenvalue weighted by molar-refractivity contribution is 6.34. The van der Waals surface area contributed by atoms with Crippen LogP contribution in [-0.4, -0.2) is 37.8 Å². The molecule has 2 unspecified atom stereocenters. The van der Waals surface area contributed by atoms with E-state index >= 15 is 8.78 Å². The van der Waals surface area contributed by atoms with Gasteiger partial charge < -0.3 is 25.6 Å². The number of carbonyl (C=O) groups excluding carboxylic acids is 1. The largest absolute Gasteiger partial charge is 0.482 e. The van der Waals surface area contributed by atoms with Crippen LogP contribution >= 0.6 is 11.6 Å². The molecule has 0 fully saturated rings. The van der Waals surface area contributed by atoms with Crippen LogP contribution in [0.5, 0.6) is 5.75 Å². The standard InChI is InChI=1S/C31H33ClF2N2O4/c1-36-30(38)21-15-20-19(9-10-24(20)39-14-13-37)29(34)27(21)26-22-17-31(11-5-6-12-35,18-7-3-2-4-8-18)40-25(22)16-23(33)28(26)32/h2-4,7-8,15-16,24,37H,5-6,9-14,17,35H2,1H3,(H,36,38). The predicted molar refractivity (Wildman–Crippen MR) is 150 cm³/mol. The molecular formula is C31H33ClF2N2O4. The average molecular weight is 571 g/mol. The SMILES string of the molecule is CNC(=O)c1cc2c(c(F)c1-c1c(Cl)c(F)cc3c1CC(CCCCN)(c1ccccc1)O3)CCC2OCCO. The molecule has 1 aliphatic carbocycles. The normalized spacial score (nSPS) is 19.3. The summed E-state index contributed by atoms with van der Waals surface area (Å²) >= 11 is 6.62. The first-order valence-electron chi connectivity index (χ1n) is 13.6. The highest BCUT2D eigenvalue weighted by Gasteiger charge is 2.44. The number of halogens is 3. The molecule has 0 saturated heterocycles. The van der Waals surface area contributed by atoms with Gasteiger partial charge in [-0.05, 0) is 61.4 Å². The summed E-state index contributed by atoms with van der Waals surface area (Å²) in [5, 5.41) is 11.5. The van der Waals surface area contributed by atoms with Crippen molar-refractivity contribution in [2.75, 3.05) is 26.8 Å². The van der Waals surface area contributed by atoms with Gasteiger partial charge in [-0.3, -0.25) is 4.79 Å². The molecule has 6 nitrogen and oxygen atoms in total. The van der Waals surface area contributed by atoms with Crippen molar-refractivity contribution in [1.82, 2.24) is 5.32 Å². The van der Waals surface area contributed by atoms with E-state index in [0.717, 1.165) is 18.4 Å². The van der Waals surface area contributed by atoms with E-state index in [2.05, 4.69) is 5.32 Å². The molecule has 40 heavy (non-hydrogen) atoms. The summed E-state index contributed by atoms with van der Waals surface area (Å²) in [7, 11) is 1.45. The number of benzene rings is 3. The van der Waals surface area contributed by atoms with Gasteiger partial charge in [-0.15, -0.1) is 0 Å². The molecule has 2 aliphatic rings. The Labute approximate surface area is 237 Å². The molecule has 0 bridgehead atoms. The molecule has 1 amide bonds. The van der Waals surface area contributed by atoms with Gasteiger partial charge in [0.15, 0.2) is 0 Å². The highest BCUT2D eigenvalue weighted by atomic mass is 35.5. The number of carbonyl (C=O) groups is 1. The molecule has 0 saturated carbocycles. The van der Waals surface area contributed by atoms with Crippen LogP contribution < -0.4 is 15.8 Å². The number of nitrogens with two attached hydrogens (primary N) is 1. The van der Waals surface area contributed by atoms with Gasteiger partial charge in [-0.25, -0.2) is 8.78 Å². The van der Waals surface area contributed by atoms with Gasteiger partial charge in [0.05, 0.1) is 29.9 Å². The fraction of sp³-hybridized carbons (Fsp3) is 0.387. The van der Waals surface area contributed by atoms with Gasteiger partial charge in [-0.1, -0.05) is 41.9 Å². The van der Waals surface area contributed by atoms with E-state index in [9.17, 15) is 9.90 Å². The molecule has 0 radical (unpaired) electrons. The van der Waals surface area contributed by atoms with Crippen molar-refractivity contribution < 1.29 is 28.2 Å². The van der Waals surface area contributed by atoms with Crippen LogP contribution in [0.3, 0.4) is 0 Å². The van der Waals surface area contributed by atoms with Crippen LogP contribution in [-0.2, 0) is 23.2 Å². The number of aliphatic hydroxyl groups is 1. The van der Waals surface area contributed by atoms with Crippen LogP contribution in [0.4, 0.5) is 8.78 Å². The maximum absolute atomic E-state index is 16.5. The van der Waals surface area contributed by atoms with E-state index in [4.69, 9.17) is 26.8 Å². The summed E-state index contributed by atoms with van der Waals surface area (Å²) in [6.45, 7) is 0.450. The molecule has 1 aliphatic heterocycles. The summed E-state index contributed by atoms with van der Waals surface area (Å²) in [5.41, 5.74) is 7.48. The van der Waals surface area contributed by atoms with Gasteiger partial charge in [0.2, 0.25) is 0 Å². The molecule has 3 aromatic rings. The van der Waals surface area contributed by atoms with E-state index < -0.39 is 29.2 Å². The molecular weight excluding hydrogens is 538 g/mol. The van der Waals surface area contributed by atoms with Crippen LogP contribution in [0, 0.1) is 11.6 Å². The van der Waals surface area contributed by atoms with Gasteiger partial charge in [0.25, 0.3) is 5.91 Å². The average Bonchev–Trinajstić information content (AvgIpc) is 3.55. The number of aliphatic hydroxyl groups excluding tert-OH is 1. The second kappa shape index (κ2) is 11.8. The minimum atomic E-state index is -0.825. The van der Waals surface area contributed by atoms with Crippen molar-refractivity contribution in [1.29, 1.82) is 0 Å². The summed E-state index contributed by atoms with van der Waals surface area (Å²) < 4.78 is 44.2. The Morgan fingerprint density at radius 3 is 2.67 bits per heavy atom. The first-order chi connectivity index (χ1) is 19.3. The van der Waals surface area contributed by atoms with Crippen LogP contribution in [0.1, 0.15) is 64.4 Å². The number of unbranched alkanes of at least 4 members (excludes halogenated alkanes) is 1. The third-order valence-corrected chi connectivity index (χ3v) is 8.30. The zero-order chi connectivity index (χ0) is 28.4. The number of hydrogen-bond donors (Lipinski definition) is 3. The zero-order valence-electron chi connectivity index (χ0n) is 22.4. The first-order valence-corrected chi connectivity index (χ1v) is 14.0. The smallest absolute Gasteiger partial charge is 0.251 e. The lowest BCUT2D eigenvalue weighted by molar-refractivity contribution is 0.0290. The minimum Gasteiger partial charge on any atom is -0.482 e. The van der Waals surface area contributed by atoms with Crippen LogP contribution in [0.15, 0.2) is 42.5 Å². The number of nitrogens with one attached hydrogen (secondary N) is 1. The molecule has 3 aromatic carbocycles. The third-order valence-electron chi connectivity index (χ3n) is 7.93. The molecule has 4 N–H and O–H groups in total. The Bertz CT molecular complexity index is 1420. The number of amides is 1. The van der Waals surface area contributed by atoms with E-state index in [1.165, 1.54) is 13.1 Å². The van der Waals surface area contributed by atoms with E-state index in [1.54, 1.807) is 6.07 Å². The maximum Gasteiger partial charge on any atom is 0.251 e. The Balaban J connectivity index is 1.70. The Hall–Kier alpha value is -3.04. The lowest BCUT2D eigenvalue weighted by Crippen LogP contribution is -2.31. The quantitative estimate of drug-likeness (QED) is 0.276. The van der Waals surface area contributed by atoms with Crippen molar-refractivity contribution in [3.63, 3.8) is 0 Å². The Morgan fingerprint density at radius 2 is 1.98 bits per heavy atom. The maximum atomic E-state index is 16.5. The summed E-state index contributed by atoms with van der Waals surface area (Å²) in [5.74, 6) is -1.63. The van der Waals surface area contributed by atoms with E-state index in [-0.39, 0.29) is 40.7 Å². The van der Waals surface area contributed by atoms with Gasteiger partial charge in [0, 0.05) is 36.2 Å². The van der Waals surface area contributed by atoms with E-state index in [0.29, 0.717) is 48.9 Å². The minimum absolute atomic E-state index is 0.0355. The van der Waals surface area contributed by atoms with Crippen molar-refractivity contribution in [3.8, 4) is 16.9 Å². The summed E-state index contributed by atoms with van der Waals surface area (Å²) in [6.07, 6.45) is 2.90.